The zero-order valence-corrected chi connectivity index (χ0v) is 24.9. The summed E-state index contributed by atoms with van der Waals surface area (Å²) >= 11 is 0. The van der Waals surface area contributed by atoms with Crippen molar-refractivity contribution in [2.75, 3.05) is 0 Å². The third kappa shape index (κ3) is 4.41. The fourth-order valence-corrected chi connectivity index (χ4v) is 6.66. The van der Waals surface area contributed by atoms with Gasteiger partial charge in [-0.05, 0) is 60.3 Å². The van der Waals surface area contributed by atoms with Crippen LogP contribution in [-0.2, 0) is 0 Å². The highest BCUT2D eigenvalue weighted by atomic mass is 15.0. The van der Waals surface area contributed by atoms with E-state index < -0.39 is 0 Å². The molecule has 0 aliphatic heterocycles. The van der Waals surface area contributed by atoms with Crippen LogP contribution in [0.15, 0.2) is 164 Å². The average Bonchev–Trinajstić information content (AvgIpc) is 3.14. The summed E-state index contributed by atoms with van der Waals surface area (Å²) in [5.74, 6) is 1.97. The van der Waals surface area contributed by atoms with Crippen LogP contribution < -0.4 is 0 Å². The number of fused-ring (bicyclic) bond motifs is 7. The minimum Gasteiger partial charge on any atom is -0.208 e. The lowest BCUT2D eigenvalue weighted by Crippen LogP contribution is -2.00. The van der Waals surface area contributed by atoms with Gasteiger partial charge < -0.3 is 0 Å². The van der Waals surface area contributed by atoms with Crippen LogP contribution in [0.4, 0.5) is 0 Å². The highest BCUT2D eigenvalue weighted by Crippen LogP contribution is 2.40. The molecule has 0 saturated carbocycles. The first kappa shape index (κ1) is 26.2. The summed E-state index contributed by atoms with van der Waals surface area (Å²) in [6.07, 6.45) is 0. The number of rotatable bonds is 4. The van der Waals surface area contributed by atoms with E-state index in [0.29, 0.717) is 17.5 Å². The minimum absolute atomic E-state index is 0.653. The Labute approximate surface area is 266 Å². The van der Waals surface area contributed by atoms with E-state index in [4.69, 9.17) is 15.0 Å². The van der Waals surface area contributed by atoms with Gasteiger partial charge in [0, 0.05) is 16.7 Å². The molecule has 214 valence electrons. The van der Waals surface area contributed by atoms with Gasteiger partial charge in [0.2, 0.25) is 0 Å². The largest absolute Gasteiger partial charge is 0.208 e. The summed E-state index contributed by atoms with van der Waals surface area (Å²) < 4.78 is 0. The van der Waals surface area contributed by atoms with Crippen molar-refractivity contribution < 1.29 is 0 Å². The van der Waals surface area contributed by atoms with Gasteiger partial charge in [-0.3, -0.25) is 0 Å². The van der Waals surface area contributed by atoms with Crippen LogP contribution in [0.5, 0.6) is 0 Å². The Morgan fingerprint density at radius 1 is 0.283 bits per heavy atom. The van der Waals surface area contributed by atoms with E-state index in [1.54, 1.807) is 0 Å². The average molecular weight is 586 g/mol. The normalized spacial score (nSPS) is 11.5. The van der Waals surface area contributed by atoms with Crippen molar-refractivity contribution in [1.29, 1.82) is 0 Å². The van der Waals surface area contributed by atoms with Crippen LogP contribution in [0.3, 0.4) is 0 Å². The molecule has 1 aromatic heterocycles. The van der Waals surface area contributed by atoms with Crippen molar-refractivity contribution in [3.8, 4) is 45.3 Å². The first-order chi connectivity index (χ1) is 22.8. The molecule has 0 saturated heterocycles. The predicted molar refractivity (Wildman–Crippen MR) is 192 cm³/mol. The van der Waals surface area contributed by atoms with Crippen LogP contribution in [0.2, 0.25) is 0 Å². The zero-order chi connectivity index (χ0) is 30.5. The Morgan fingerprint density at radius 2 is 0.739 bits per heavy atom. The molecule has 8 aromatic carbocycles. The third-order valence-corrected chi connectivity index (χ3v) is 8.90. The second-order valence-electron chi connectivity index (χ2n) is 11.6. The molecule has 0 aliphatic carbocycles. The van der Waals surface area contributed by atoms with Crippen molar-refractivity contribution in [2.24, 2.45) is 0 Å². The van der Waals surface area contributed by atoms with Crippen LogP contribution in [-0.4, -0.2) is 15.0 Å². The quantitative estimate of drug-likeness (QED) is 0.193. The lowest BCUT2D eigenvalue weighted by atomic mass is 9.89. The second kappa shape index (κ2) is 10.8. The SMILES string of the molecule is c1ccc(-c2nc(-c3ccccc3)nc(-c3ccc(-c4cc5c(ccc6ccc7ccccc7c65)c5ccccc45)cc3)n2)cc1. The Morgan fingerprint density at radius 3 is 1.39 bits per heavy atom. The molecule has 46 heavy (non-hydrogen) atoms. The van der Waals surface area contributed by atoms with Gasteiger partial charge in [0.1, 0.15) is 0 Å². The maximum atomic E-state index is 4.93. The number of benzene rings is 8. The maximum Gasteiger partial charge on any atom is 0.164 e. The number of aromatic nitrogens is 3. The highest BCUT2D eigenvalue weighted by molar-refractivity contribution is 6.26. The molecular formula is C43H27N3. The van der Waals surface area contributed by atoms with Gasteiger partial charge in [-0.15, -0.1) is 0 Å². The Hall–Kier alpha value is -6.19. The summed E-state index contributed by atoms with van der Waals surface area (Å²) in [6.45, 7) is 0. The van der Waals surface area contributed by atoms with E-state index >= 15 is 0 Å². The van der Waals surface area contributed by atoms with Gasteiger partial charge in [-0.25, -0.2) is 15.0 Å². The van der Waals surface area contributed by atoms with Gasteiger partial charge in [0.05, 0.1) is 0 Å². The van der Waals surface area contributed by atoms with Crippen LogP contribution in [0, 0.1) is 0 Å². The molecule has 3 heteroatoms. The van der Waals surface area contributed by atoms with E-state index in [1.165, 1.54) is 48.7 Å². The van der Waals surface area contributed by atoms with Crippen molar-refractivity contribution >= 4 is 43.1 Å². The van der Waals surface area contributed by atoms with Gasteiger partial charge in [0.25, 0.3) is 0 Å². The molecule has 0 amide bonds. The molecule has 0 radical (unpaired) electrons. The Bertz CT molecular complexity index is 2500. The van der Waals surface area contributed by atoms with Gasteiger partial charge >= 0.3 is 0 Å². The van der Waals surface area contributed by atoms with E-state index in [1.807, 2.05) is 60.7 Å². The summed E-state index contributed by atoms with van der Waals surface area (Å²) in [7, 11) is 0. The lowest BCUT2D eigenvalue weighted by Gasteiger charge is -2.15. The third-order valence-electron chi connectivity index (χ3n) is 8.90. The maximum absolute atomic E-state index is 4.93. The molecule has 0 unspecified atom stereocenters. The molecule has 0 N–H and O–H groups in total. The van der Waals surface area contributed by atoms with Crippen molar-refractivity contribution in [2.45, 2.75) is 0 Å². The molecule has 0 bridgehead atoms. The molecule has 0 aliphatic rings. The summed E-state index contributed by atoms with van der Waals surface area (Å²) in [5.41, 5.74) is 5.23. The fraction of sp³-hybridized carbons (Fsp3) is 0. The number of hydrogen-bond donors (Lipinski definition) is 0. The fourth-order valence-electron chi connectivity index (χ4n) is 6.66. The topological polar surface area (TPSA) is 38.7 Å². The van der Waals surface area contributed by atoms with Gasteiger partial charge in [0.15, 0.2) is 17.5 Å². The Balaban J connectivity index is 1.23. The van der Waals surface area contributed by atoms with Gasteiger partial charge in [-0.1, -0.05) is 158 Å². The van der Waals surface area contributed by atoms with Crippen molar-refractivity contribution in [3.05, 3.63) is 164 Å². The van der Waals surface area contributed by atoms with Crippen LogP contribution in [0.1, 0.15) is 0 Å². The predicted octanol–water partition coefficient (Wildman–Crippen LogP) is 11.2. The van der Waals surface area contributed by atoms with Crippen molar-refractivity contribution in [3.63, 3.8) is 0 Å². The molecule has 9 rings (SSSR count). The molecule has 0 spiro atoms. The summed E-state index contributed by atoms with van der Waals surface area (Å²) in [5, 5.41) is 10.1. The second-order valence-corrected chi connectivity index (χ2v) is 11.6. The molecule has 3 nitrogen and oxygen atoms in total. The Kier molecular flexibility index (Phi) is 6.14. The minimum atomic E-state index is 0.653. The molecule has 0 atom stereocenters. The lowest BCUT2D eigenvalue weighted by molar-refractivity contribution is 1.07. The number of hydrogen-bond acceptors (Lipinski definition) is 3. The van der Waals surface area contributed by atoms with Gasteiger partial charge in [-0.2, -0.15) is 0 Å². The number of nitrogens with zero attached hydrogens (tertiary/aromatic N) is 3. The van der Waals surface area contributed by atoms with E-state index in [2.05, 4.69) is 103 Å². The molecule has 0 fully saturated rings. The van der Waals surface area contributed by atoms with Crippen LogP contribution in [0.25, 0.3) is 88.4 Å². The monoisotopic (exact) mass is 585 g/mol. The first-order valence-corrected chi connectivity index (χ1v) is 15.5. The summed E-state index contributed by atoms with van der Waals surface area (Å²) in [6, 6.07) is 57.6. The van der Waals surface area contributed by atoms with E-state index in [9.17, 15) is 0 Å². The molecule has 9 aromatic rings. The van der Waals surface area contributed by atoms with E-state index in [-0.39, 0.29) is 0 Å². The zero-order valence-electron chi connectivity index (χ0n) is 24.9. The first-order valence-electron chi connectivity index (χ1n) is 15.5. The molecule has 1 heterocycles. The van der Waals surface area contributed by atoms with Crippen molar-refractivity contribution in [1.82, 2.24) is 15.0 Å². The van der Waals surface area contributed by atoms with Crippen LogP contribution >= 0.6 is 0 Å². The smallest absolute Gasteiger partial charge is 0.164 e. The van der Waals surface area contributed by atoms with E-state index in [0.717, 1.165) is 22.3 Å². The molecular weight excluding hydrogens is 558 g/mol. The highest BCUT2D eigenvalue weighted by Gasteiger charge is 2.15. The summed E-state index contributed by atoms with van der Waals surface area (Å²) in [4.78, 5) is 14.7. The standard InChI is InChI=1S/C43H27N3/c1-3-12-31(13-4-1)41-44-42(32-14-5-2-6-15-32)46-43(45-41)33-23-20-29(21-24-33)38-27-39-37(35-17-9-10-18-36(35)38)26-25-30-22-19-28-11-7-8-16-34(28)40(30)39/h1-27H.